The van der Waals surface area contributed by atoms with Gasteiger partial charge < -0.3 is 16.0 Å². The van der Waals surface area contributed by atoms with Crippen LogP contribution in [0, 0.1) is 6.92 Å². The van der Waals surface area contributed by atoms with Crippen LogP contribution < -0.4 is 11.1 Å². The van der Waals surface area contributed by atoms with Crippen molar-refractivity contribution in [1.82, 2.24) is 15.0 Å². The van der Waals surface area contributed by atoms with Gasteiger partial charge in [0, 0.05) is 16.8 Å². The summed E-state index contributed by atoms with van der Waals surface area (Å²) < 4.78 is 0. The lowest BCUT2D eigenvalue weighted by molar-refractivity contribution is 0.102. The molecule has 2 aromatic carbocycles. The molecule has 4 rings (SSSR count). The number of aromatic nitrogens is 3. The van der Waals surface area contributed by atoms with Crippen molar-refractivity contribution in [3.63, 3.8) is 0 Å². The first-order valence-corrected chi connectivity index (χ1v) is 8.19. The minimum atomic E-state index is -0.223. The lowest BCUT2D eigenvalue weighted by Crippen LogP contribution is -2.14. The smallest absolute Gasteiger partial charge is 0.256 e. The maximum atomic E-state index is 12.5. The average molecular weight is 343 g/mol. The van der Waals surface area contributed by atoms with Gasteiger partial charge in [-0.05, 0) is 30.7 Å². The Balaban J connectivity index is 1.63. The molecule has 4 aromatic rings. The zero-order valence-corrected chi connectivity index (χ0v) is 14.2. The highest BCUT2D eigenvalue weighted by Gasteiger charge is 2.12. The normalized spacial score (nSPS) is 10.8. The second-order valence-electron chi connectivity index (χ2n) is 6.02. The number of hydrogen-bond acceptors (Lipinski definition) is 4. The number of H-pyrrole nitrogens is 1. The molecule has 26 heavy (non-hydrogen) atoms. The van der Waals surface area contributed by atoms with Gasteiger partial charge in [0.2, 0.25) is 0 Å². The lowest BCUT2D eigenvalue weighted by Gasteiger charge is -2.09. The lowest BCUT2D eigenvalue weighted by atomic mass is 10.1. The molecule has 0 fully saturated rings. The van der Waals surface area contributed by atoms with E-state index in [0.29, 0.717) is 22.6 Å². The molecule has 1 amide bonds. The minimum absolute atomic E-state index is 0.223. The van der Waals surface area contributed by atoms with Crippen molar-refractivity contribution < 1.29 is 4.79 Å². The van der Waals surface area contributed by atoms with E-state index in [0.717, 1.165) is 22.5 Å². The Kier molecular flexibility index (Phi) is 3.85. The number of nitrogen functional groups attached to an aromatic ring is 1. The molecule has 0 aliphatic heterocycles. The number of carbonyl (C=O) groups is 1. The summed E-state index contributed by atoms with van der Waals surface area (Å²) in [5, 5.41) is 2.86. The first-order chi connectivity index (χ1) is 12.6. The fourth-order valence-corrected chi connectivity index (χ4v) is 2.80. The summed E-state index contributed by atoms with van der Waals surface area (Å²) in [5.41, 5.74) is 10.7. The maximum Gasteiger partial charge on any atom is 0.256 e. The number of fused-ring (bicyclic) bond motifs is 1. The van der Waals surface area contributed by atoms with Gasteiger partial charge in [-0.25, -0.2) is 9.97 Å². The number of nitrogens with one attached hydrogen (secondary N) is 2. The minimum Gasteiger partial charge on any atom is -0.398 e. The third-order valence-electron chi connectivity index (χ3n) is 4.26. The van der Waals surface area contributed by atoms with Crippen LogP contribution in [0.25, 0.3) is 22.6 Å². The summed E-state index contributed by atoms with van der Waals surface area (Å²) in [6.45, 7) is 1.83. The third-order valence-corrected chi connectivity index (χ3v) is 4.26. The van der Waals surface area contributed by atoms with Crippen LogP contribution in [0.2, 0.25) is 0 Å². The number of rotatable bonds is 3. The summed E-state index contributed by atoms with van der Waals surface area (Å²) in [6.07, 6.45) is 1.59. The molecule has 0 saturated heterocycles. The predicted molar refractivity (Wildman–Crippen MR) is 103 cm³/mol. The number of anilines is 2. The van der Waals surface area contributed by atoms with Crippen LogP contribution >= 0.6 is 0 Å². The van der Waals surface area contributed by atoms with Crippen LogP contribution in [-0.2, 0) is 0 Å². The van der Waals surface area contributed by atoms with Gasteiger partial charge in [-0.2, -0.15) is 0 Å². The molecule has 2 heterocycles. The van der Waals surface area contributed by atoms with Gasteiger partial charge in [-0.15, -0.1) is 0 Å². The number of benzene rings is 2. The second-order valence-corrected chi connectivity index (χ2v) is 6.02. The van der Waals surface area contributed by atoms with Gasteiger partial charge in [0.25, 0.3) is 5.91 Å². The first-order valence-electron chi connectivity index (χ1n) is 8.19. The molecule has 0 saturated carbocycles. The number of hydrogen-bond donors (Lipinski definition) is 3. The summed E-state index contributed by atoms with van der Waals surface area (Å²) in [5.74, 6) is 0.516. The van der Waals surface area contributed by atoms with E-state index in [4.69, 9.17) is 5.73 Å². The van der Waals surface area contributed by atoms with Crippen molar-refractivity contribution in [3.05, 3.63) is 71.9 Å². The van der Waals surface area contributed by atoms with Crippen LogP contribution in [0.5, 0.6) is 0 Å². The van der Waals surface area contributed by atoms with E-state index < -0.39 is 0 Å². The van der Waals surface area contributed by atoms with Crippen LogP contribution in [0.1, 0.15) is 15.9 Å². The number of nitrogens with zero attached hydrogens (tertiary/aromatic N) is 2. The molecule has 0 unspecified atom stereocenters. The van der Waals surface area contributed by atoms with E-state index in [1.807, 2.05) is 43.3 Å². The highest BCUT2D eigenvalue weighted by Crippen LogP contribution is 2.22. The second kappa shape index (κ2) is 6.33. The Morgan fingerprint density at radius 3 is 2.73 bits per heavy atom. The zero-order chi connectivity index (χ0) is 18.1. The quantitative estimate of drug-likeness (QED) is 0.493. The summed E-state index contributed by atoms with van der Waals surface area (Å²) >= 11 is 0. The largest absolute Gasteiger partial charge is 0.398 e. The van der Waals surface area contributed by atoms with Crippen molar-refractivity contribution in [2.45, 2.75) is 6.92 Å². The van der Waals surface area contributed by atoms with Crippen LogP contribution in [-0.4, -0.2) is 20.9 Å². The number of pyridine rings is 1. The van der Waals surface area contributed by atoms with Gasteiger partial charge in [-0.3, -0.25) is 4.79 Å². The molecule has 128 valence electrons. The molecule has 6 nitrogen and oxygen atoms in total. The van der Waals surface area contributed by atoms with E-state index >= 15 is 0 Å². The predicted octanol–water partition coefficient (Wildman–Crippen LogP) is 3.77. The number of nitrogens with two attached hydrogens (primary N) is 1. The molecule has 0 radical (unpaired) electrons. The van der Waals surface area contributed by atoms with Crippen LogP contribution in [0.3, 0.4) is 0 Å². The van der Waals surface area contributed by atoms with Crippen molar-refractivity contribution in [2.24, 2.45) is 0 Å². The van der Waals surface area contributed by atoms with Crippen molar-refractivity contribution >= 4 is 28.4 Å². The number of amides is 1. The third kappa shape index (κ3) is 2.88. The van der Waals surface area contributed by atoms with E-state index in [9.17, 15) is 4.79 Å². The van der Waals surface area contributed by atoms with Crippen LogP contribution in [0.4, 0.5) is 11.4 Å². The number of carbonyl (C=O) groups excluding carboxylic acids is 1. The Labute approximate surface area is 150 Å². The first kappa shape index (κ1) is 15.8. The van der Waals surface area contributed by atoms with E-state index in [1.54, 1.807) is 24.4 Å². The van der Waals surface area contributed by atoms with Gasteiger partial charge in [0.1, 0.15) is 5.82 Å². The summed E-state index contributed by atoms with van der Waals surface area (Å²) in [4.78, 5) is 24.6. The molecule has 0 aliphatic rings. The van der Waals surface area contributed by atoms with Crippen LogP contribution in [0.15, 0.2) is 60.8 Å². The fraction of sp³-hybridized carbons (Fsp3) is 0.0500. The molecule has 0 aliphatic carbocycles. The molecule has 2 aromatic heterocycles. The van der Waals surface area contributed by atoms with Gasteiger partial charge in [-0.1, -0.05) is 36.4 Å². The highest BCUT2D eigenvalue weighted by atomic mass is 16.1. The maximum absolute atomic E-state index is 12.5. The fourth-order valence-electron chi connectivity index (χ4n) is 2.80. The topological polar surface area (TPSA) is 96.7 Å². The Hall–Kier alpha value is -3.67. The SMILES string of the molecule is Cc1c(N)cccc1C(=O)Nc1cnc2nc(-c3ccccc3)[nH]c2c1. The molecule has 0 bridgehead atoms. The molecule has 0 atom stereocenters. The molecule has 4 N–H and O–H groups in total. The monoisotopic (exact) mass is 343 g/mol. The number of imidazole rings is 1. The van der Waals surface area contributed by atoms with Gasteiger partial charge in [0.15, 0.2) is 5.65 Å². The van der Waals surface area contributed by atoms with Crippen molar-refractivity contribution in [2.75, 3.05) is 11.1 Å². The summed E-state index contributed by atoms with van der Waals surface area (Å²) in [6, 6.07) is 16.9. The standard InChI is InChI=1S/C20H17N5O/c1-12-15(8-5-9-16(12)21)20(26)23-14-10-17-19(22-11-14)25-18(24-17)13-6-3-2-4-7-13/h2-11H,21H2,1H3,(H,23,26)(H,22,24,25). The Morgan fingerprint density at radius 2 is 1.92 bits per heavy atom. The van der Waals surface area contributed by atoms with Gasteiger partial charge >= 0.3 is 0 Å². The van der Waals surface area contributed by atoms with Crippen molar-refractivity contribution in [1.29, 1.82) is 0 Å². The van der Waals surface area contributed by atoms with E-state index in [-0.39, 0.29) is 5.91 Å². The Morgan fingerprint density at radius 1 is 1.12 bits per heavy atom. The average Bonchev–Trinajstić information content (AvgIpc) is 3.08. The highest BCUT2D eigenvalue weighted by molar-refractivity contribution is 6.06. The molecule has 6 heteroatoms. The van der Waals surface area contributed by atoms with Crippen molar-refractivity contribution in [3.8, 4) is 11.4 Å². The zero-order valence-electron chi connectivity index (χ0n) is 14.2. The molecular formula is C20H17N5O. The van der Waals surface area contributed by atoms with Gasteiger partial charge in [0.05, 0.1) is 17.4 Å². The van der Waals surface area contributed by atoms with E-state index in [2.05, 4.69) is 20.3 Å². The summed E-state index contributed by atoms with van der Waals surface area (Å²) in [7, 11) is 0. The van der Waals surface area contributed by atoms with E-state index in [1.165, 1.54) is 0 Å². The molecular weight excluding hydrogens is 326 g/mol. The number of aromatic amines is 1. The Bertz CT molecular complexity index is 1100. The molecule has 0 spiro atoms.